The number of phenolic OH excluding ortho intramolecular Hbond substituents is 1. The van der Waals surface area contributed by atoms with E-state index in [1.54, 1.807) is 12.1 Å². The van der Waals surface area contributed by atoms with E-state index in [2.05, 4.69) is 28.3 Å². The molecule has 2 heterocycles. The highest BCUT2D eigenvalue weighted by Crippen LogP contribution is 2.64. The van der Waals surface area contributed by atoms with E-state index in [1.807, 2.05) is 12.1 Å². The van der Waals surface area contributed by atoms with Crippen LogP contribution >= 0.6 is 0 Å². The van der Waals surface area contributed by atoms with Gasteiger partial charge in [-0.05, 0) is 62.3 Å². The number of carbonyl (C=O) groups is 2. The van der Waals surface area contributed by atoms with E-state index in [9.17, 15) is 19.8 Å². The van der Waals surface area contributed by atoms with Crippen LogP contribution in [0.3, 0.4) is 0 Å². The molecule has 2 aromatic rings. The van der Waals surface area contributed by atoms with Gasteiger partial charge >= 0.3 is 11.9 Å². The zero-order valence-corrected chi connectivity index (χ0v) is 19.3. The number of aromatic hydroxyl groups is 1. The Labute approximate surface area is 201 Å². The number of azo groups is 1. The molecular formula is C26H25N3O6. The van der Waals surface area contributed by atoms with Crippen LogP contribution < -0.4 is 4.74 Å². The lowest BCUT2D eigenvalue weighted by atomic mass is 9.53. The van der Waals surface area contributed by atoms with Crippen LogP contribution in [-0.2, 0) is 21.4 Å². The topological polar surface area (TPSA) is 121 Å². The Hall–Kier alpha value is -3.72. The SMILES string of the molecule is CC(=O)O[C@H]1C=C[C@H]2[C@H]3Cc4cc(N=Nc5cccc(C(=O)O)c5)c(O)c5c4[C@@]2(CCN3C)[C@H]1O5. The molecule has 180 valence electrons. The molecule has 2 N–H and O–H groups in total. The molecule has 9 nitrogen and oxygen atoms in total. The normalized spacial score (nSPS) is 30.1. The number of hydrogen-bond donors (Lipinski definition) is 2. The van der Waals surface area contributed by atoms with E-state index in [0.717, 1.165) is 30.5 Å². The van der Waals surface area contributed by atoms with E-state index >= 15 is 0 Å². The number of carbonyl (C=O) groups excluding carboxylic acids is 1. The maximum absolute atomic E-state index is 11.8. The smallest absolute Gasteiger partial charge is 0.335 e. The van der Waals surface area contributed by atoms with Crippen LogP contribution in [0, 0.1) is 5.92 Å². The van der Waals surface area contributed by atoms with E-state index in [4.69, 9.17) is 9.47 Å². The predicted molar refractivity (Wildman–Crippen MR) is 125 cm³/mol. The van der Waals surface area contributed by atoms with E-state index in [1.165, 1.54) is 19.1 Å². The maximum atomic E-state index is 11.8. The third kappa shape index (κ3) is 3.11. The molecule has 0 aromatic heterocycles. The van der Waals surface area contributed by atoms with E-state index in [-0.39, 0.29) is 34.9 Å². The number of rotatable bonds is 4. The summed E-state index contributed by atoms with van der Waals surface area (Å²) in [5, 5.41) is 28.9. The van der Waals surface area contributed by atoms with Gasteiger partial charge in [-0.2, -0.15) is 5.11 Å². The summed E-state index contributed by atoms with van der Waals surface area (Å²) in [7, 11) is 2.12. The summed E-state index contributed by atoms with van der Waals surface area (Å²) in [6.45, 7) is 2.27. The van der Waals surface area contributed by atoms with Crippen LogP contribution in [0.1, 0.15) is 34.8 Å². The minimum absolute atomic E-state index is 0.104. The van der Waals surface area contributed by atoms with Crippen molar-refractivity contribution in [3.8, 4) is 11.5 Å². The number of carboxylic acid groups (broad SMARTS) is 1. The summed E-state index contributed by atoms with van der Waals surface area (Å²) < 4.78 is 12.1. The van der Waals surface area contributed by atoms with Crippen LogP contribution in [0.5, 0.6) is 11.5 Å². The first-order valence-corrected chi connectivity index (χ1v) is 11.7. The second-order valence-corrected chi connectivity index (χ2v) is 9.73. The molecule has 0 unspecified atom stereocenters. The van der Waals surface area contributed by atoms with E-state index < -0.39 is 23.6 Å². The summed E-state index contributed by atoms with van der Waals surface area (Å²) >= 11 is 0. The van der Waals surface area contributed by atoms with Gasteiger partial charge in [0.25, 0.3) is 0 Å². The largest absolute Gasteiger partial charge is 0.503 e. The lowest BCUT2D eigenvalue weighted by Gasteiger charge is -2.56. The summed E-state index contributed by atoms with van der Waals surface area (Å²) in [5.74, 6) is -0.976. The second-order valence-electron chi connectivity index (χ2n) is 9.73. The minimum Gasteiger partial charge on any atom is -0.503 e. The molecule has 6 rings (SSSR count). The summed E-state index contributed by atoms with van der Waals surface area (Å²) in [5.41, 5.74) is 2.36. The van der Waals surface area contributed by atoms with Crippen molar-refractivity contribution >= 4 is 23.3 Å². The summed E-state index contributed by atoms with van der Waals surface area (Å²) in [6.07, 6.45) is 4.68. The Morgan fingerprint density at radius 3 is 2.83 bits per heavy atom. The maximum Gasteiger partial charge on any atom is 0.335 e. The Kier molecular flexibility index (Phi) is 4.76. The number of carboxylic acids is 1. The highest BCUT2D eigenvalue weighted by Gasteiger charge is 2.65. The Morgan fingerprint density at radius 2 is 2.06 bits per heavy atom. The average molecular weight is 476 g/mol. The molecule has 2 aliphatic heterocycles. The molecule has 4 aliphatic rings. The number of likely N-dealkylation sites (N-methyl/N-ethyl adjacent to an activating group) is 1. The minimum atomic E-state index is -1.05. The van der Waals surface area contributed by atoms with Crippen molar-refractivity contribution in [2.45, 2.75) is 43.4 Å². The molecule has 9 heteroatoms. The summed E-state index contributed by atoms with van der Waals surface area (Å²) in [6, 6.07) is 8.23. The van der Waals surface area contributed by atoms with Crippen molar-refractivity contribution in [2.24, 2.45) is 16.1 Å². The number of hydrogen-bond acceptors (Lipinski definition) is 8. The predicted octanol–water partition coefficient (Wildman–Crippen LogP) is 3.88. The number of esters is 1. The third-order valence-corrected chi connectivity index (χ3v) is 7.89. The van der Waals surface area contributed by atoms with Crippen molar-refractivity contribution < 1.29 is 29.3 Å². The highest BCUT2D eigenvalue weighted by molar-refractivity contribution is 5.88. The summed E-state index contributed by atoms with van der Waals surface area (Å²) in [4.78, 5) is 25.5. The average Bonchev–Trinajstić information content (AvgIpc) is 3.18. The number of likely N-dealkylation sites (tertiary alicyclic amines) is 1. The van der Waals surface area contributed by atoms with Gasteiger partial charge in [0.05, 0.1) is 11.3 Å². The Morgan fingerprint density at radius 1 is 1.23 bits per heavy atom. The molecule has 1 spiro atoms. The van der Waals surface area contributed by atoms with Crippen LogP contribution in [0.4, 0.5) is 11.4 Å². The Bertz CT molecular complexity index is 1320. The zero-order valence-electron chi connectivity index (χ0n) is 19.3. The Balaban J connectivity index is 1.46. The van der Waals surface area contributed by atoms with Crippen LogP contribution in [-0.4, -0.2) is 58.9 Å². The number of phenols is 1. The van der Waals surface area contributed by atoms with Gasteiger partial charge in [-0.15, -0.1) is 5.11 Å². The molecule has 35 heavy (non-hydrogen) atoms. The number of nitrogens with zero attached hydrogens (tertiary/aromatic N) is 3. The van der Waals surface area contributed by atoms with Gasteiger partial charge in [0, 0.05) is 29.9 Å². The first-order chi connectivity index (χ1) is 16.8. The number of aromatic carboxylic acids is 1. The first-order valence-electron chi connectivity index (χ1n) is 11.7. The number of ether oxygens (including phenoxy) is 2. The molecule has 2 aromatic carbocycles. The fraction of sp³-hybridized carbons (Fsp3) is 0.385. The van der Waals surface area contributed by atoms with Gasteiger partial charge in [-0.1, -0.05) is 12.1 Å². The number of benzene rings is 2. The van der Waals surface area contributed by atoms with Gasteiger partial charge in [0.1, 0.15) is 11.8 Å². The molecule has 0 saturated carbocycles. The zero-order chi connectivity index (χ0) is 24.5. The van der Waals surface area contributed by atoms with Crippen LogP contribution in [0.25, 0.3) is 0 Å². The molecule has 0 amide bonds. The van der Waals surface area contributed by atoms with Gasteiger partial charge in [0.2, 0.25) is 0 Å². The van der Waals surface area contributed by atoms with Gasteiger partial charge in [0.15, 0.2) is 17.6 Å². The van der Waals surface area contributed by atoms with Gasteiger partial charge < -0.3 is 24.6 Å². The van der Waals surface area contributed by atoms with Crippen molar-refractivity contribution in [1.29, 1.82) is 0 Å². The molecule has 5 atom stereocenters. The molecule has 2 aliphatic carbocycles. The van der Waals surface area contributed by atoms with Gasteiger partial charge in [-0.25, -0.2) is 4.79 Å². The molecular weight excluding hydrogens is 450 g/mol. The first kappa shape index (κ1) is 21.8. The molecule has 1 saturated heterocycles. The van der Waals surface area contributed by atoms with Crippen molar-refractivity contribution in [1.82, 2.24) is 4.90 Å². The molecule has 0 radical (unpaired) electrons. The van der Waals surface area contributed by atoms with Gasteiger partial charge in [-0.3, -0.25) is 4.79 Å². The van der Waals surface area contributed by atoms with E-state index in [0.29, 0.717) is 11.4 Å². The lowest BCUT2D eigenvalue weighted by molar-refractivity contribution is -0.152. The van der Waals surface area contributed by atoms with Crippen LogP contribution in [0.2, 0.25) is 0 Å². The number of piperidine rings is 1. The molecule has 2 bridgehead atoms. The second kappa shape index (κ2) is 7.64. The fourth-order valence-corrected chi connectivity index (χ4v) is 6.46. The monoisotopic (exact) mass is 475 g/mol. The fourth-order valence-electron chi connectivity index (χ4n) is 6.46. The standard InChI is InChI=1S/C26H25N3O6/c1-13(30)34-20-7-6-17-19-12-15-11-18(28-27-16-5-3-4-14(10-16)25(32)33)22(31)23-21(15)26(17,24(20)35-23)8-9-29(19)2/h3-7,10-11,17,19-20,24,31H,8-9,12H2,1-2H3,(H,32,33)/t17-,19+,20-,24-,26-/m0/s1. The quantitative estimate of drug-likeness (QED) is 0.391. The van der Waals surface area contributed by atoms with Crippen molar-refractivity contribution in [3.05, 3.63) is 59.2 Å². The third-order valence-electron chi connectivity index (χ3n) is 7.89. The van der Waals surface area contributed by atoms with Crippen molar-refractivity contribution in [3.63, 3.8) is 0 Å². The lowest BCUT2D eigenvalue weighted by Crippen LogP contribution is -2.65. The van der Waals surface area contributed by atoms with Crippen molar-refractivity contribution in [2.75, 3.05) is 13.6 Å². The highest BCUT2D eigenvalue weighted by atomic mass is 16.6. The molecule has 1 fully saturated rings. The van der Waals surface area contributed by atoms with Crippen LogP contribution in [0.15, 0.2) is 52.7 Å².